The van der Waals surface area contributed by atoms with Crippen molar-refractivity contribution in [1.29, 1.82) is 0 Å². The molecule has 6 rings (SSSR count). The predicted octanol–water partition coefficient (Wildman–Crippen LogP) is 7.94. The van der Waals surface area contributed by atoms with Gasteiger partial charge in [-0.05, 0) is 89.7 Å². The van der Waals surface area contributed by atoms with Gasteiger partial charge in [0.2, 0.25) is 10.0 Å². The minimum absolute atomic E-state index is 0.0375. The highest BCUT2D eigenvalue weighted by molar-refractivity contribution is 14.1. The van der Waals surface area contributed by atoms with Gasteiger partial charge in [0.05, 0.1) is 29.3 Å². The second-order valence-corrected chi connectivity index (χ2v) is 15.4. The summed E-state index contributed by atoms with van der Waals surface area (Å²) in [6.07, 6.45) is -1.32. The first-order chi connectivity index (χ1) is 24.2. The van der Waals surface area contributed by atoms with Crippen LogP contribution in [0.25, 0.3) is 22.2 Å². The van der Waals surface area contributed by atoms with E-state index in [2.05, 4.69) is 32.9 Å². The number of anilines is 2. The fourth-order valence-electron chi connectivity index (χ4n) is 5.93. The molecule has 16 heteroatoms. The van der Waals surface area contributed by atoms with Crippen molar-refractivity contribution in [2.45, 2.75) is 58.2 Å². The standard InChI is InChI=1S/C35H35F4IN6O4S/c1-21-13-24(34(42-18-21)45(2)51(3,47)48)19-41-33-31-28(46(44-32(31)40)30-11-7-8-12-49-30)16-27(43-33)25-15-26(36)29(14-23(25)17-35(37,38)39)50-20-22-9-5-4-6-10-22/h4-6,9-10,13-16,18,30H,7-8,11-12,17,19-20H2,1-3H3,(H,41,43). The summed E-state index contributed by atoms with van der Waals surface area (Å²) in [5.41, 5.74) is 2.35. The van der Waals surface area contributed by atoms with Gasteiger partial charge in [-0.2, -0.15) is 18.3 Å². The second kappa shape index (κ2) is 14.9. The van der Waals surface area contributed by atoms with Gasteiger partial charge in [0.15, 0.2) is 17.8 Å². The number of fused-ring (bicyclic) bond motifs is 1. The molecule has 270 valence electrons. The van der Waals surface area contributed by atoms with Crippen molar-refractivity contribution in [1.82, 2.24) is 19.7 Å². The number of benzene rings is 2. The average molecular weight is 839 g/mol. The van der Waals surface area contributed by atoms with Crippen LogP contribution in [0.5, 0.6) is 5.75 Å². The van der Waals surface area contributed by atoms with Crippen LogP contribution in [0.1, 0.15) is 47.7 Å². The van der Waals surface area contributed by atoms with E-state index in [9.17, 15) is 21.6 Å². The molecule has 0 radical (unpaired) electrons. The topological polar surface area (TPSA) is 111 Å². The molecule has 51 heavy (non-hydrogen) atoms. The van der Waals surface area contributed by atoms with E-state index in [4.69, 9.17) is 19.6 Å². The summed E-state index contributed by atoms with van der Waals surface area (Å²) in [6.45, 7) is 2.35. The molecular weight excluding hydrogens is 803 g/mol. The van der Waals surface area contributed by atoms with E-state index in [0.717, 1.165) is 46.7 Å². The van der Waals surface area contributed by atoms with Crippen LogP contribution in [0.4, 0.5) is 29.2 Å². The zero-order valence-electron chi connectivity index (χ0n) is 28.0. The molecular formula is C35H35F4IN6O4S. The summed E-state index contributed by atoms with van der Waals surface area (Å²) in [6, 6.07) is 14.4. The number of hydrogen-bond donors (Lipinski definition) is 1. The summed E-state index contributed by atoms with van der Waals surface area (Å²) < 4.78 is 97.7. The highest BCUT2D eigenvalue weighted by Gasteiger charge is 2.31. The van der Waals surface area contributed by atoms with Crippen molar-refractivity contribution < 1.29 is 35.5 Å². The summed E-state index contributed by atoms with van der Waals surface area (Å²) in [5, 5.41) is 8.59. The number of alkyl halides is 3. The van der Waals surface area contributed by atoms with Crippen molar-refractivity contribution in [2.75, 3.05) is 29.5 Å². The Balaban J connectivity index is 1.48. The van der Waals surface area contributed by atoms with Crippen LogP contribution in [0, 0.1) is 16.4 Å². The first kappa shape index (κ1) is 36.8. The van der Waals surface area contributed by atoms with Gasteiger partial charge in [-0.3, -0.25) is 4.31 Å². The van der Waals surface area contributed by atoms with Gasteiger partial charge >= 0.3 is 6.18 Å². The number of nitrogens with zero attached hydrogens (tertiary/aromatic N) is 5. The van der Waals surface area contributed by atoms with Gasteiger partial charge in [0, 0.05) is 37.5 Å². The molecule has 5 aromatic rings. The van der Waals surface area contributed by atoms with E-state index < -0.39 is 34.7 Å². The molecule has 2 aromatic carbocycles. The van der Waals surface area contributed by atoms with E-state index in [-0.39, 0.29) is 47.4 Å². The third kappa shape index (κ3) is 8.55. The number of halogens is 5. The number of pyridine rings is 2. The Morgan fingerprint density at radius 1 is 1.12 bits per heavy atom. The van der Waals surface area contributed by atoms with E-state index in [1.165, 1.54) is 7.05 Å². The number of nitrogens with one attached hydrogen (secondary N) is 1. The van der Waals surface area contributed by atoms with Gasteiger partial charge in [0.25, 0.3) is 0 Å². The first-order valence-electron chi connectivity index (χ1n) is 16.1. The summed E-state index contributed by atoms with van der Waals surface area (Å²) in [7, 11) is -2.26. The van der Waals surface area contributed by atoms with Crippen LogP contribution in [0.2, 0.25) is 0 Å². The van der Waals surface area contributed by atoms with Crippen LogP contribution in [0.3, 0.4) is 0 Å². The molecule has 1 atom stereocenters. The SMILES string of the molecule is Cc1cnc(N(C)S(C)(=O)=O)c(CNc2nc(-c3cc(F)c(OCc4ccccc4)cc3CC(F)(F)F)cc3c2c(I)nn3C2CCCCO2)c1. The Morgan fingerprint density at radius 2 is 1.88 bits per heavy atom. The quantitative estimate of drug-likeness (QED) is 0.106. The first-order valence-corrected chi connectivity index (χ1v) is 19.0. The lowest BCUT2D eigenvalue weighted by Gasteiger charge is -2.24. The lowest BCUT2D eigenvalue weighted by molar-refractivity contribution is -0.127. The smallest absolute Gasteiger partial charge is 0.393 e. The zero-order valence-corrected chi connectivity index (χ0v) is 30.9. The molecule has 1 aliphatic rings. The number of rotatable bonds is 11. The number of hydrogen-bond acceptors (Lipinski definition) is 8. The third-order valence-electron chi connectivity index (χ3n) is 8.46. The van der Waals surface area contributed by atoms with Gasteiger partial charge in [-0.25, -0.2) is 27.5 Å². The minimum atomic E-state index is -4.62. The highest BCUT2D eigenvalue weighted by atomic mass is 127. The van der Waals surface area contributed by atoms with Crippen LogP contribution in [-0.2, 0) is 34.3 Å². The molecule has 1 saturated heterocycles. The van der Waals surface area contributed by atoms with Crippen molar-refractivity contribution in [2.24, 2.45) is 0 Å². The Kier molecular flexibility index (Phi) is 10.7. The molecule has 1 N–H and O–H groups in total. The molecule has 3 aromatic heterocycles. The predicted molar refractivity (Wildman–Crippen MR) is 195 cm³/mol. The van der Waals surface area contributed by atoms with Gasteiger partial charge in [-0.1, -0.05) is 30.3 Å². The normalized spacial score (nSPS) is 15.3. The van der Waals surface area contributed by atoms with Crippen LogP contribution in [-0.4, -0.2) is 54.3 Å². The van der Waals surface area contributed by atoms with Crippen molar-refractivity contribution in [3.05, 3.63) is 92.6 Å². The largest absolute Gasteiger partial charge is 0.486 e. The average Bonchev–Trinajstić information content (AvgIpc) is 3.42. The highest BCUT2D eigenvalue weighted by Crippen LogP contribution is 2.39. The molecule has 0 saturated carbocycles. The van der Waals surface area contributed by atoms with Gasteiger partial charge < -0.3 is 14.8 Å². The van der Waals surface area contributed by atoms with E-state index in [0.29, 0.717) is 33.2 Å². The number of ether oxygens (including phenoxy) is 2. The van der Waals surface area contributed by atoms with Crippen LogP contribution < -0.4 is 14.4 Å². The Morgan fingerprint density at radius 3 is 2.57 bits per heavy atom. The Hall–Kier alpha value is -4.03. The molecule has 1 fully saturated rings. The lowest BCUT2D eigenvalue weighted by atomic mass is 9.99. The molecule has 1 aliphatic heterocycles. The summed E-state index contributed by atoms with van der Waals surface area (Å²) >= 11 is 2.07. The third-order valence-corrected chi connectivity index (χ3v) is 10.4. The Bertz CT molecular complexity index is 2160. The van der Waals surface area contributed by atoms with Crippen LogP contribution in [0.15, 0.2) is 60.8 Å². The Labute approximate surface area is 306 Å². The lowest BCUT2D eigenvalue weighted by Crippen LogP contribution is -2.27. The summed E-state index contributed by atoms with van der Waals surface area (Å²) in [4.78, 5) is 9.13. The molecule has 4 heterocycles. The van der Waals surface area contributed by atoms with Gasteiger partial charge in [0.1, 0.15) is 21.9 Å². The molecule has 1 unspecified atom stereocenters. The van der Waals surface area contributed by atoms with Gasteiger partial charge in [-0.15, -0.1) is 0 Å². The monoisotopic (exact) mass is 838 g/mol. The van der Waals surface area contributed by atoms with E-state index >= 15 is 4.39 Å². The van der Waals surface area contributed by atoms with Crippen molar-refractivity contribution in [3.8, 4) is 17.0 Å². The number of sulfonamides is 1. The van der Waals surface area contributed by atoms with E-state index in [1.807, 2.05) is 13.0 Å². The molecule has 0 aliphatic carbocycles. The fraction of sp³-hybridized carbons (Fsp3) is 0.343. The number of aryl methyl sites for hydroxylation is 1. The molecule has 0 spiro atoms. The zero-order chi connectivity index (χ0) is 36.5. The second-order valence-electron chi connectivity index (χ2n) is 12.4. The maximum absolute atomic E-state index is 15.7. The summed E-state index contributed by atoms with van der Waals surface area (Å²) in [5.74, 6) is -0.706. The molecule has 0 bridgehead atoms. The van der Waals surface area contributed by atoms with E-state index in [1.54, 1.807) is 47.3 Å². The molecule has 10 nitrogen and oxygen atoms in total. The minimum Gasteiger partial charge on any atom is -0.486 e. The van der Waals surface area contributed by atoms with Crippen LogP contribution >= 0.6 is 22.6 Å². The number of aromatic nitrogens is 4. The molecule has 0 amide bonds. The fourth-order valence-corrected chi connectivity index (χ4v) is 7.17. The van der Waals surface area contributed by atoms with Crippen molar-refractivity contribution >= 4 is 55.2 Å². The maximum atomic E-state index is 15.7. The van der Waals surface area contributed by atoms with Crippen molar-refractivity contribution in [3.63, 3.8) is 0 Å². The maximum Gasteiger partial charge on any atom is 0.393 e.